The molecule has 2 heterocycles. The summed E-state index contributed by atoms with van der Waals surface area (Å²) >= 11 is 0. The number of hydrogen-bond acceptors (Lipinski definition) is 4. The van der Waals surface area contributed by atoms with Crippen molar-refractivity contribution < 1.29 is 14.3 Å². The smallest absolute Gasteiger partial charge is 0.196 e. The second kappa shape index (κ2) is 8.07. The molecule has 5 rings (SSSR count). The second-order valence-corrected chi connectivity index (χ2v) is 7.35. The maximum Gasteiger partial charge on any atom is 0.196 e. The largest absolute Gasteiger partial charge is 0.493 e. The quantitative estimate of drug-likeness (QED) is 0.280. The van der Waals surface area contributed by atoms with Crippen molar-refractivity contribution in [1.29, 1.82) is 0 Å². The van der Waals surface area contributed by atoms with Crippen LogP contribution < -0.4 is 9.47 Å². The van der Waals surface area contributed by atoms with Gasteiger partial charge in [0.2, 0.25) is 0 Å². The Kier molecular flexibility index (Phi) is 4.95. The minimum atomic E-state index is -0.171. The van der Waals surface area contributed by atoms with E-state index in [2.05, 4.69) is 15.0 Å². The maximum atomic E-state index is 13.7. The van der Waals surface area contributed by atoms with Crippen molar-refractivity contribution in [2.75, 3.05) is 14.2 Å². The lowest BCUT2D eigenvalue weighted by atomic mass is 9.99. The van der Waals surface area contributed by atoms with E-state index < -0.39 is 0 Å². The predicted molar refractivity (Wildman–Crippen MR) is 126 cm³/mol. The monoisotopic (exact) mass is 423 g/mol. The Morgan fingerprint density at radius 3 is 2.44 bits per heavy atom. The van der Waals surface area contributed by atoms with Crippen molar-refractivity contribution in [3.8, 4) is 11.5 Å². The van der Waals surface area contributed by atoms with Crippen LogP contribution in [-0.4, -0.2) is 35.0 Å². The topological polar surface area (TPSA) is 80.0 Å². The number of benzene rings is 3. The Bertz CT molecular complexity index is 1440. The van der Waals surface area contributed by atoms with E-state index in [1.54, 1.807) is 32.4 Å². The zero-order valence-corrected chi connectivity index (χ0v) is 17.7. The van der Waals surface area contributed by atoms with Crippen LogP contribution in [0, 0.1) is 0 Å². The number of imidazole rings is 1. The number of nitrogens with one attached hydrogen (secondary N) is 2. The number of carbonyl (C=O) groups is 1. The van der Waals surface area contributed by atoms with E-state index in [4.69, 9.17) is 9.47 Å². The third-order valence-corrected chi connectivity index (χ3v) is 5.46. The molecule has 0 aliphatic carbocycles. The number of Topliss-reactive ketones (excluding diaryl/α,β-unsaturated/α-hetero) is 1. The van der Waals surface area contributed by atoms with Crippen molar-refractivity contribution in [2.24, 2.45) is 0 Å². The van der Waals surface area contributed by atoms with Gasteiger partial charge in [0, 0.05) is 28.2 Å². The SMILES string of the molecule is COc1ccc(C(=O)/C(=C/c2c[nH]c3ccccc23)c2nc3ccccc3[nH]2)cc1OC. The zero-order valence-electron chi connectivity index (χ0n) is 17.7. The number of rotatable bonds is 6. The number of ether oxygens (including phenoxy) is 2. The fourth-order valence-corrected chi connectivity index (χ4v) is 3.82. The van der Waals surface area contributed by atoms with E-state index in [-0.39, 0.29) is 5.78 Å². The summed E-state index contributed by atoms with van der Waals surface area (Å²) < 4.78 is 10.7. The maximum absolute atomic E-state index is 13.7. The molecule has 0 amide bonds. The van der Waals surface area contributed by atoms with E-state index in [1.165, 1.54) is 0 Å². The molecule has 0 aliphatic heterocycles. The molecule has 0 saturated carbocycles. The predicted octanol–water partition coefficient (Wildman–Crippen LogP) is 5.48. The van der Waals surface area contributed by atoms with Crippen LogP contribution in [0.4, 0.5) is 0 Å². The Morgan fingerprint density at radius 2 is 1.66 bits per heavy atom. The first-order valence-electron chi connectivity index (χ1n) is 10.2. The average Bonchev–Trinajstić information content (AvgIpc) is 3.45. The normalized spacial score (nSPS) is 11.8. The molecule has 0 aliphatic rings. The Hall–Kier alpha value is -4.32. The molecule has 0 unspecified atom stereocenters. The lowest BCUT2D eigenvalue weighted by Gasteiger charge is -2.10. The number of aromatic nitrogens is 3. The zero-order chi connectivity index (χ0) is 22.1. The molecule has 6 heteroatoms. The summed E-state index contributed by atoms with van der Waals surface area (Å²) in [4.78, 5) is 25.0. The Balaban J connectivity index is 1.68. The number of fused-ring (bicyclic) bond motifs is 2. The van der Waals surface area contributed by atoms with Gasteiger partial charge in [-0.1, -0.05) is 30.3 Å². The Morgan fingerprint density at radius 1 is 0.906 bits per heavy atom. The first kappa shape index (κ1) is 19.6. The van der Waals surface area contributed by atoms with Gasteiger partial charge in [-0.25, -0.2) is 4.98 Å². The molecule has 3 aromatic carbocycles. The molecule has 0 spiro atoms. The van der Waals surface area contributed by atoms with Gasteiger partial charge in [-0.2, -0.15) is 0 Å². The standard InChI is InChI=1S/C26H21N3O3/c1-31-23-12-11-16(14-24(23)32-2)25(30)19(26-28-21-9-5-6-10-22(21)29-26)13-17-15-27-20-8-4-3-7-18(17)20/h3-15,27H,1-2H3,(H,28,29)/b19-13-. The summed E-state index contributed by atoms with van der Waals surface area (Å²) in [7, 11) is 3.12. The van der Waals surface area contributed by atoms with Crippen LogP contribution in [0.3, 0.4) is 0 Å². The highest BCUT2D eigenvalue weighted by molar-refractivity contribution is 6.32. The molecule has 6 nitrogen and oxygen atoms in total. The van der Waals surface area contributed by atoms with Crippen molar-refractivity contribution in [3.05, 3.63) is 89.9 Å². The molecule has 0 bridgehead atoms. The Labute approximate surface area is 184 Å². The summed E-state index contributed by atoms with van der Waals surface area (Å²) in [5.74, 6) is 1.40. The molecule has 0 radical (unpaired) electrons. The average molecular weight is 423 g/mol. The van der Waals surface area contributed by atoms with E-state index in [9.17, 15) is 4.79 Å². The van der Waals surface area contributed by atoms with Crippen LogP contribution >= 0.6 is 0 Å². The lowest BCUT2D eigenvalue weighted by molar-refractivity contribution is 0.105. The van der Waals surface area contributed by atoms with Crippen LogP contribution in [0.5, 0.6) is 11.5 Å². The van der Waals surface area contributed by atoms with Crippen molar-refractivity contribution in [1.82, 2.24) is 15.0 Å². The van der Waals surface area contributed by atoms with Crippen molar-refractivity contribution in [2.45, 2.75) is 0 Å². The van der Waals surface area contributed by atoms with Crippen molar-refractivity contribution >= 4 is 39.4 Å². The summed E-state index contributed by atoms with van der Waals surface area (Å²) in [5, 5.41) is 1.03. The van der Waals surface area contributed by atoms with Gasteiger partial charge in [0.05, 0.1) is 30.8 Å². The summed E-state index contributed by atoms with van der Waals surface area (Å²) in [6.07, 6.45) is 3.77. The highest BCUT2D eigenvalue weighted by Crippen LogP contribution is 2.31. The lowest BCUT2D eigenvalue weighted by Crippen LogP contribution is -2.05. The highest BCUT2D eigenvalue weighted by Gasteiger charge is 2.20. The van der Waals surface area contributed by atoms with E-state index in [0.717, 1.165) is 27.5 Å². The number of ketones is 1. The molecule has 32 heavy (non-hydrogen) atoms. The number of aromatic amines is 2. The van der Waals surface area contributed by atoms with Crippen molar-refractivity contribution in [3.63, 3.8) is 0 Å². The number of H-pyrrole nitrogens is 2. The van der Waals surface area contributed by atoms with Gasteiger partial charge in [-0.05, 0) is 42.5 Å². The molecular weight excluding hydrogens is 402 g/mol. The molecule has 0 atom stereocenters. The molecule has 0 saturated heterocycles. The van der Waals surface area contributed by atoms with Gasteiger partial charge in [0.15, 0.2) is 17.3 Å². The van der Waals surface area contributed by atoms with E-state index in [0.29, 0.717) is 28.5 Å². The van der Waals surface area contributed by atoms with Gasteiger partial charge < -0.3 is 19.4 Å². The minimum Gasteiger partial charge on any atom is -0.493 e. The van der Waals surface area contributed by atoms with Gasteiger partial charge in [-0.15, -0.1) is 0 Å². The van der Waals surface area contributed by atoms with Crippen LogP contribution in [0.25, 0.3) is 33.6 Å². The molecule has 0 fully saturated rings. The molecule has 2 N–H and O–H groups in total. The summed E-state index contributed by atoms with van der Waals surface area (Å²) in [5.41, 5.74) is 4.51. The number of methoxy groups -OCH3 is 2. The van der Waals surface area contributed by atoms with Gasteiger partial charge in [0.25, 0.3) is 0 Å². The molecule has 2 aromatic heterocycles. The number of nitrogens with zero attached hydrogens (tertiary/aromatic N) is 1. The van der Waals surface area contributed by atoms with Crippen LogP contribution in [0.15, 0.2) is 72.9 Å². The second-order valence-electron chi connectivity index (χ2n) is 7.35. The molecule has 158 valence electrons. The van der Waals surface area contributed by atoms with E-state index in [1.807, 2.05) is 60.8 Å². The van der Waals surface area contributed by atoms with Crippen LogP contribution in [0.2, 0.25) is 0 Å². The van der Waals surface area contributed by atoms with Crippen LogP contribution in [-0.2, 0) is 0 Å². The molecule has 5 aromatic rings. The van der Waals surface area contributed by atoms with Gasteiger partial charge in [-0.3, -0.25) is 4.79 Å². The number of allylic oxidation sites excluding steroid dienone is 1. The summed E-state index contributed by atoms with van der Waals surface area (Å²) in [6, 6.07) is 20.8. The molecular formula is C26H21N3O3. The minimum absolute atomic E-state index is 0.171. The third kappa shape index (κ3) is 3.41. The first-order chi connectivity index (χ1) is 15.7. The van der Waals surface area contributed by atoms with Crippen LogP contribution in [0.1, 0.15) is 21.7 Å². The first-order valence-corrected chi connectivity index (χ1v) is 10.2. The van der Waals surface area contributed by atoms with E-state index >= 15 is 0 Å². The van der Waals surface area contributed by atoms with Gasteiger partial charge >= 0.3 is 0 Å². The highest BCUT2D eigenvalue weighted by atomic mass is 16.5. The fourth-order valence-electron chi connectivity index (χ4n) is 3.82. The number of para-hydroxylation sites is 3. The number of hydrogen-bond donors (Lipinski definition) is 2. The summed E-state index contributed by atoms with van der Waals surface area (Å²) in [6.45, 7) is 0. The third-order valence-electron chi connectivity index (χ3n) is 5.46. The fraction of sp³-hybridized carbons (Fsp3) is 0.0769. The number of carbonyl (C=O) groups excluding carboxylic acids is 1. The van der Waals surface area contributed by atoms with Gasteiger partial charge in [0.1, 0.15) is 5.82 Å².